The van der Waals surface area contributed by atoms with Gasteiger partial charge in [-0.15, -0.1) is 6.73 Å². The van der Waals surface area contributed by atoms with E-state index in [0.717, 1.165) is 11.6 Å². The van der Waals surface area contributed by atoms with Gasteiger partial charge < -0.3 is 9.64 Å². The summed E-state index contributed by atoms with van der Waals surface area (Å²) in [5.74, 6) is -0.757. The van der Waals surface area contributed by atoms with Crippen molar-refractivity contribution < 1.29 is 14.3 Å². The van der Waals surface area contributed by atoms with Crippen LogP contribution in [-0.2, 0) is 14.3 Å². The highest BCUT2D eigenvalue weighted by Gasteiger charge is 2.25. The molecule has 0 aromatic heterocycles. The van der Waals surface area contributed by atoms with Crippen molar-refractivity contribution in [3.63, 3.8) is 0 Å². The number of imide groups is 1. The lowest BCUT2D eigenvalue weighted by atomic mass is 10.3. The van der Waals surface area contributed by atoms with Crippen molar-refractivity contribution >= 4 is 11.8 Å². The van der Waals surface area contributed by atoms with Crippen LogP contribution in [0.4, 0.5) is 0 Å². The minimum Gasteiger partial charge on any atom is -0.522 e. The molecule has 0 N–H and O–H groups in total. The standard InChI is InChI=1S/C8H10NO3/c1-5(2)7(10)9-4-12-6(3)8(9)11/h4,6H,1H2,2-3H3/q-1. The fraction of sp³-hybridized carbons (Fsp3) is 0.375. The molecule has 1 aliphatic rings. The Morgan fingerprint density at radius 1 is 1.75 bits per heavy atom. The predicted octanol–water partition coefficient (Wildman–Crippen LogP) is 0.456. The molecule has 1 rings (SSSR count). The molecule has 0 aromatic rings. The summed E-state index contributed by atoms with van der Waals surface area (Å²) in [5.41, 5.74) is 0.317. The third-order valence-electron chi connectivity index (χ3n) is 1.54. The first-order valence-corrected chi connectivity index (χ1v) is 3.55. The third kappa shape index (κ3) is 1.38. The molecule has 0 saturated carbocycles. The predicted molar refractivity (Wildman–Crippen MR) is 41.5 cm³/mol. The van der Waals surface area contributed by atoms with E-state index in [0.29, 0.717) is 5.57 Å². The second-order valence-electron chi connectivity index (χ2n) is 2.68. The fourth-order valence-electron chi connectivity index (χ4n) is 0.812. The van der Waals surface area contributed by atoms with Crippen LogP contribution in [0.3, 0.4) is 0 Å². The van der Waals surface area contributed by atoms with Crippen LogP contribution in [0.5, 0.6) is 0 Å². The Bertz CT molecular complexity index is 247. The normalized spacial score (nSPS) is 23.0. The molecule has 12 heavy (non-hydrogen) atoms. The smallest absolute Gasteiger partial charge is 0.228 e. The third-order valence-corrected chi connectivity index (χ3v) is 1.54. The molecule has 4 heteroatoms. The molecule has 0 radical (unpaired) electrons. The highest BCUT2D eigenvalue weighted by Crippen LogP contribution is 2.15. The molecule has 1 aliphatic heterocycles. The number of nitrogens with zero attached hydrogens (tertiary/aromatic N) is 1. The van der Waals surface area contributed by atoms with Crippen molar-refractivity contribution in [2.45, 2.75) is 20.0 Å². The molecule has 4 nitrogen and oxygen atoms in total. The summed E-state index contributed by atoms with van der Waals surface area (Å²) in [5, 5.41) is 0. The van der Waals surface area contributed by atoms with Gasteiger partial charge in [-0.25, -0.2) is 0 Å². The van der Waals surface area contributed by atoms with Gasteiger partial charge in [0, 0.05) is 5.57 Å². The van der Waals surface area contributed by atoms with Crippen LogP contribution in [0, 0.1) is 6.73 Å². The molecule has 66 valence electrons. The second-order valence-corrected chi connectivity index (χ2v) is 2.68. The number of amides is 2. The van der Waals surface area contributed by atoms with E-state index < -0.39 is 12.0 Å². The first-order chi connectivity index (χ1) is 5.54. The van der Waals surface area contributed by atoms with E-state index in [1.165, 1.54) is 0 Å². The maximum absolute atomic E-state index is 11.2. The second kappa shape index (κ2) is 3.06. The molecule has 0 bridgehead atoms. The maximum Gasteiger partial charge on any atom is 0.228 e. The Kier molecular flexibility index (Phi) is 2.28. The van der Waals surface area contributed by atoms with Crippen molar-refractivity contribution in [2.24, 2.45) is 0 Å². The van der Waals surface area contributed by atoms with E-state index in [9.17, 15) is 9.59 Å². The summed E-state index contributed by atoms with van der Waals surface area (Å²) < 4.78 is 4.84. The fourth-order valence-corrected chi connectivity index (χ4v) is 0.812. The van der Waals surface area contributed by atoms with E-state index >= 15 is 0 Å². The summed E-state index contributed by atoms with van der Waals surface area (Å²) in [4.78, 5) is 23.3. The van der Waals surface area contributed by atoms with Crippen LogP contribution in [0.25, 0.3) is 0 Å². The molecular formula is C8H10NO3-. The number of rotatable bonds is 1. The Morgan fingerprint density at radius 3 is 2.67 bits per heavy atom. The lowest BCUT2D eigenvalue weighted by Crippen LogP contribution is -2.32. The van der Waals surface area contributed by atoms with Gasteiger partial charge in [-0.1, -0.05) is 6.58 Å². The zero-order valence-electron chi connectivity index (χ0n) is 7.03. The highest BCUT2D eigenvalue weighted by atomic mass is 16.5. The molecule has 1 atom stereocenters. The summed E-state index contributed by atoms with van der Waals surface area (Å²) in [6.07, 6.45) is -0.562. The van der Waals surface area contributed by atoms with Crippen LogP contribution in [-0.4, -0.2) is 22.8 Å². The molecule has 1 heterocycles. The number of ether oxygens (including phenoxy) is 1. The van der Waals surface area contributed by atoms with Gasteiger partial charge in [-0.2, -0.15) is 0 Å². The number of carbonyl (C=O) groups excluding carboxylic acids is 2. The van der Waals surface area contributed by atoms with Gasteiger partial charge in [0.2, 0.25) is 11.8 Å². The Hall–Kier alpha value is -1.16. The molecule has 0 aliphatic carbocycles. The van der Waals surface area contributed by atoms with Crippen molar-refractivity contribution in [2.75, 3.05) is 0 Å². The monoisotopic (exact) mass is 168 g/mol. The summed E-state index contributed by atoms with van der Waals surface area (Å²) in [6.45, 7) is 7.70. The van der Waals surface area contributed by atoms with Crippen molar-refractivity contribution in [3.8, 4) is 0 Å². The molecule has 1 unspecified atom stereocenters. The zero-order chi connectivity index (χ0) is 9.30. The van der Waals surface area contributed by atoms with Gasteiger partial charge in [0.1, 0.15) is 6.10 Å². The summed E-state index contributed by atoms with van der Waals surface area (Å²) >= 11 is 0. The SMILES string of the molecule is C=C(C)C(=O)N1[CH-]OC(C)C1=O. The van der Waals surface area contributed by atoms with Crippen molar-refractivity contribution in [1.82, 2.24) is 4.90 Å². The average molecular weight is 168 g/mol. The van der Waals surface area contributed by atoms with Gasteiger partial charge in [0.15, 0.2) is 0 Å². The van der Waals surface area contributed by atoms with Gasteiger partial charge >= 0.3 is 0 Å². The van der Waals surface area contributed by atoms with Gasteiger partial charge in [-0.05, 0) is 13.8 Å². The van der Waals surface area contributed by atoms with Crippen molar-refractivity contribution in [1.29, 1.82) is 0 Å². The van der Waals surface area contributed by atoms with Gasteiger partial charge in [-0.3, -0.25) is 9.59 Å². The Morgan fingerprint density at radius 2 is 2.33 bits per heavy atom. The molecule has 1 fully saturated rings. The van der Waals surface area contributed by atoms with E-state index in [4.69, 9.17) is 4.74 Å². The Balaban J connectivity index is 2.72. The van der Waals surface area contributed by atoms with Crippen molar-refractivity contribution in [3.05, 3.63) is 18.9 Å². The van der Waals surface area contributed by atoms with E-state index in [1.807, 2.05) is 0 Å². The summed E-state index contributed by atoms with van der Waals surface area (Å²) in [6, 6.07) is 0. The Labute approximate surface area is 70.8 Å². The zero-order valence-corrected chi connectivity index (χ0v) is 7.03. The van der Waals surface area contributed by atoms with Crippen LogP contribution < -0.4 is 0 Å². The molecular weight excluding hydrogens is 158 g/mol. The largest absolute Gasteiger partial charge is 0.522 e. The molecule has 2 amide bonds. The maximum atomic E-state index is 11.2. The minimum absolute atomic E-state index is 0.317. The molecule has 1 saturated heterocycles. The number of hydrogen-bond acceptors (Lipinski definition) is 3. The van der Waals surface area contributed by atoms with Crippen LogP contribution in [0.15, 0.2) is 12.2 Å². The topological polar surface area (TPSA) is 46.6 Å². The van der Waals surface area contributed by atoms with Crippen LogP contribution >= 0.6 is 0 Å². The molecule has 0 spiro atoms. The lowest BCUT2D eigenvalue weighted by molar-refractivity contribution is -0.138. The highest BCUT2D eigenvalue weighted by molar-refractivity contribution is 6.06. The lowest BCUT2D eigenvalue weighted by Gasteiger charge is -2.20. The van der Waals surface area contributed by atoms with E-state index in [-0.39, 0.29) is 5.91 Å². The van der Waals surface area contributed by atoms with Gasteiger partial charge in [0.25, 0.3) is 0 Å². The van der Waals surface area contributed by atoms with Gasteiger partial charge in [0.05, 0.1) is 0 Å². The quantitative estimate of drug-likeness (QED) is 0.422. The van der Waals surface area contributed by atoms with E-state index in [1.54, 1.807) is 13.8 Å². The number of hydrogen-bond donors (Lipinski definition) is 0. The summed E-state index contributed by atoms with van der Waals surface area (Å²) in [7, 11) is 0. The molecule has 0 aromatic carbocycles. The van der Waals surface area contributed by atoms with Crippen LogP contribution in [0.1, 0.15) is 13.8 Å². The van der Waals surface area contributed by atoms with Crippen LogP contribution in [0.2, 0.25) is 0 Å². The minimum atomic E-state index is -0.562. The van der Waals surface area contributed by atoms with E-state index in [2.05, 4.69) is 6.58 Å². The first-order valence-electron chi connectivity index (χ1n) is 3.55. The average Bonchev–Trinajstić information content (AvgIpc) is 2.32. The number of carbonyl (C=O) groups is 2. The first kappa shape index (κ1) is 8.93.